The third-order valence-electron chi connectivity index (χ3n) is 4.36. The van der Waals surface area contributed by atoms with Crippen LogP contribution >= 0.6 is 7.60 Å². The van der Waals surface area contributed by atoms with Crippen LogP contribution in [0.15, 0.2) is 12.7 Å². The predicted octanol–water partition coefficient (Wildman–Crippen LogP) is -0.0251. The van der Waals surface area contributed by atoms with Crippen molar-refractivity contribution in [1.82, 2.24) is 19.5 Å². The van der Waals surface area contributed by atoms with Crippen LogP contribution < -0.4 is 5.73 Å². The maximum atomic E-state index is 11.0. The number of hydrogen-bond acceptors (Lipinski definition) is 6. The van der Waals surface area contributed by atoms with Gasteiger partial charge in [-0.25, -0.2) is 15.0 Å². The molecule has 0 aliphatic heterocycles. The van der Waals surface area contributed by atoms with Crippen LogP contribution in [0, 0.1) is 11.3 Å². The van der Waals surface area contributed by atoms with Crippen molar-refractivity contribution in [3.63, 3.8) is 0 Å². The second-order valence-electron chi connectivity index (χ2n) is 5.90. The fourth-order valence-corrected chi connectivity index (χ4v) is 3.60. The molecule has 1 fully saturated rings. The van der Waals surface area contributed by atoms with Gasteiger partial charge in [0.1, 0.15) is 11.8 Å². The predicted molar refractivity (Wildman–Crippen MR) is 78.9 cm³/mol. The number of hydrogen-bond donors (Lipinski definition) is 4. The van der Waals surface area contributed by atoms with Gasteiger partial charge >= 0.3 is 7.60 Å². The lowest BCUT2D eigenvalue weighted by atomic mass is 10.0. The molecular weight excluding hydrogens is 309 g/mol. The SMILES string of the molecule is Nc1ncnc2c1ncn2C[C@@]1(CO)C[C@H]1CCP(=O)(O)O. The molecule has 0 bridgehead atoms. The number of nitrogens with zero attached hydrogens (tertiary/aromatic N) is 4. The van der Waals surface area contributed by atoms with Crippen LogP contribution in [0.3, 0.4) is 0 Å². The molecule has 10 heteroatoms. The van der Waals surface area contributed by atoms with E-state index in [9.17, 15) is 9.67 Å². The smallest absolute Gasteiger partial charge is 0.325 e. The van der Waals surface area contributed by atoms with Crippen molar-refractivity contribution in [3.05, 3.63) is 12.7 Å². The van der Waals surface area contributed by atoms with Crippen LogP contribution in [0.2, 0.25) is 0 Å². The Hall–Kier alpha value is -1.54. The molecule has 2 atom stereocenters. The van der Waals surface area contributed by atoms with E-state index in [1.54, 1.807) is 10.9 Å². The fraction of sp³-hybridized carbons (Fsp3) is 0.583. The number of nitrogen functional groups attached to an aromatic ring is 1. The molecule has 0 amide bonds. The van der Waals surface area contributed by atoms with Crippen LogP contribution in [-0.2, 0) is 11.1 Å². The van der Waals surface area contributed by atoms with Gasteiger partial charge in [0, 0.05) is 12.0 Å². The van der Waals surface area contributed by atoms with E-state index in [4.69, 9.17) is 15.5 Å². The summed E-state index contributed by atoms with van der Waals surface area (Å²) in [5.74, 6) is 0.386. The Morgan fingerprint density at radius 3 is 2.86 bits per heavy atom. The van der Waals surface area contributed by atoms with Gasteiger partial charge in [-0.15, -0.1) is 0 Å². The standard InChI is InChI=1S/C12H18N5O4P/c13-10-9-11(15-6-14-10)17(7-16-9)4-12(5-18)3-8(12)1-2-22(19,20)21/h6-8,18H,1-5H2,(H2,13,14,15)(H2,19,20,21)/t8-,12-/m1/s1. The highest BCUT2D eigenvalue weighted by Crippen LogP contribution is 2.57. The van der Waals surface area contributed by atoms with Crippen molar-refractivity contribution in [3.8, 4) is 0 Å². The normalized spacial score (nSPS) is 24.8. The molecule has 2 heterocycles. The molecule has 9 nitrogen and oxygen atoms in total. The highest BCUT2D eigenvalue weighted by atomic mass is 31.2. The van der Waals surface area contributed by atoms with Gasteiger partial charge in [0.25, 0.3) is 0 Å². The van der Waals surface area contributed by atoms with Gasteiger partial charge in [-0.3, -0.25) is 4.57 Å². The quantitative estimate of drug-likeness (QED) is 0.541. The lowest BCUT2D eigenvalue weighted by Crippen LogP contribution is -2.18. The minimum absolute atomic E-state index is 0.0426. The monoisotopic (exact) mass is 327 g/mol. The van der Waals surface area contributed by atoms with E-state index in [2.05, 4.69) is 15.0 Å². The van der Waals surface area contributed by atoms with E-state index in [1.165, 1.54) is 6.33 Å². The largest absolute Gasteiger partial charge is 0.396 e. The summed E-state index contributed by atoms with van der Waals surface area (Å²) in [7, 11) is -4.00. The molecule has 120 valence electrons. The molecule has 0 aromatic carbocycles. The molecule has 1 aliphatic carbocycles. The minimum Gasteiger partial charge on any atom is -0.396 e. The average Bonchev–Trinajstić information content (AvgIpc) is 2.99. The third-order valence-corrected chi connectivity index (χ3v) is 5.20. The number of aliphatic hydroxyl groups is 1. The first-order valence-electron chi connectivity index (χ1n) is 6.91. The summed E-state index contributed by atoms with van der Waals surface area (Å²) in [5, 5.41) is 9.70. The number of aliphatic hydroxyl groups excluding tert-OH is 1. The molecule has 0 unspecified atom stereocenters. The summed E-state index contributed by atoms with van der Waals surface area (Å²) >= 11 is 0. The molecule has 22 heavy (non-hydrogen) atoms. The molecule has 3 rings (SSSR count). The Bertz CT molecular complexity index is 744. The summed E-state index contributed by atoms with van der Waals surface area (Å²) in [4.78, 5) is 30.2. The van der Waals surface area contributed by atoms with E-state index in [-0.39, 0.29) is 24.1 Å². The highest BCUT2D eigenvalue weighted by Gasteiger charge is 2.53. The molecule has 1 saturated carbocycles. The van der Waals surface area contributed by atoms with Gasteiger partial charge in [-0.2, -0.15) is 0 Å². The summed E-state index contributed by atoms with van der Waals surface area (Å²) in [6.07, 6.45) is 3.93. The van der Waals surface area contributed by atoms with Crippen molar-refractivity contribution in [2.75, 3.05) is 18.5 Å². The van der Waals surface area contributed by atoms with Crippen LogP contribution in [0.1, 0.15) is 12.8 Å². The topological polar surface area (TPSA) is 147 Å². The Kier molecular flexibility index (Phi) is 3.68. The second kappa shape index (κ2) is 5.27. The van der Waals surface area contributed by atoms with Gasteiger partial charge in [0.15, 0.2) is 11.5 Å². The lowest BCUT2D eigenvalue weighted by molar-refractivity contribution is 0.180. The number of imidazole rings is 1. The van der Waals surface area contributed by atoms with Crippen molar-refractivity contribution in [2.45, 2.75) is 19.4 Å². The Morgan fingerprint density at radius 1 is 1.41 bits per heavy atom. The van der Waals surface area contributed by atoms with Gasteiger partial charge in [0.2, 0.25) is 0 Å². The van der Waals surface area contributed by atoms with Gasteiger partial charge in [-0.05, 0) is 18.8 Å². The Balaban J connectivity index is 1.76. The number of rotatable bonds is 6. The van der Waals surface area contributed by atoms with E-state index >= 15 is 0 Å². The average molecular weight is 327 g/mol. The lowest BCUT2D eigenvalue weighted by Gasteiger charge is -2.16. The van der Waals surface area contributed by atoms with Gasteiger partial charge in [-0.1, -0.05) is 0 Å². The number of anilines is 1. The van der Waals surface area contributed by atoms with Gasteiger partial charge < -0.3 is 25.2 Å². The molecule has 1 aliphatic rings. The summed E-state index contributed by atoms with van der Waals surface area (Å²) < 4.78 is 12.8. The minimum atomic E-state index is -4.00. The van der Waals surface area contributed by atoms with Crippen molar-refractivity contribution in [1.29, 1.82) is 0 Å². The number of nitrogens with two attached hydrogens (primary N) is 1. The molecule has 0 radical (unpaired) electrons. The van der Waals surface area contributed by atoms with Crippen LogP contribution in [0.5, 0.6) is 0 Å². The summed E-state index contributed by atoms with van der Waals surface area (Å²) in [5.41, 5.74) is 6.48. The first kappa shape index (κ1) is 15.4. The zero-order valence-corrected chi connectivity index (χ0v) is 12.7. The third kappa shape index (κ3) is 2.85. The molecule has 0 spiro atoms. The maximum Gasteiger partial charge on any atom is 0.325 e. The van der Waals surface area contributed by atoms with E-state index < -0.39 is 7.60 Å². The molecule has 2 aromatic rings. The Morgan fingerprint density at radius 2 is 2.18 bits per heavy atom. The zero-order valence-electron chi connectivity index (χ0n) is 11.8. The summed E-state index contributed by atoms with van der Waals surface area (Å²) in [6.45, 7) is 0.446. The zero-order chi connectivity index (χ0) is 16.0. The van der Waals surface area contributed by atoms with E-state index in [0.29, 0.717) is 29.9 Å². The highest BCUT2D eigenvalue weighted by molar-refractivity contribution is 7.51. The number of fused-ring (bicyclic) bond motifs is 1. The van der Waals surface area contributed by atoms with Crippen molar-refractivity contribution >= 4 is 24.6 Å². The van der Waals surface area contributed by atoms with Crippen LogP contribution in [0.4, 0.5) is 5.82 Å². The van der Waals surface area contributed by atoms with Crippen LogP contribution in [0.25, 0.3) is 11.2 Å². The molecular formula is C12H18N5O4P. The molecule has 0 saturated heterocycles. The van der Waals surface area contributed by atoms with Gasteiger partial charge in [0.05, 0.1) is 19.1 Å². The second-order valence-corrected chi connectivity index (χ2v) is 7.68. The maximum absolute atomic E-state index is 11.0. The number of aromatic nitrogens is 4. The van der Waals surface area contributed by atoms with Crippen LogP contribution in [-0.4, -0.2) is 47.2 Å². The fourth-order valence-electron chi connectivity index (χ4n) is 2.96. The first-order valence-corrected chi connectivity index (χ1v) is 8.71. The first-order chi connectivity index (χ1) is 10.3. The van der Waals surface area contributed by atoms with Crippen molar-refractivity contribution < 1.29 is 19.5 Å². The van der Waals surface area contributed by atoms with E-state index in [0.717, 1.165) is 6.42 Å². The molecule has 2 aromatic heterocycles. The summed E-state index contributed by atoms with van der Waals surface area (Å²) in [6, 6.07) is 0. The van der Waals surface area contributed by atoms with Crippen molar-refractivity contribution in [2.24, 2.45) is 11.3 Å². The Labute approximate surface area is 126 Å². The van der Waals surface area contributed by atoms with E-state index in [1.807, 2.05) is 0 Å². The molecule has 5 N–H and O–H groups in total.